The van der Waals surface area contributed by atoms with Crippen LogP contribution in [0, 0.1) is 0 Å². The quantitative estimate of drug-likeness (QED) is 0.212. The summed E-state index contributed by atoms with van der Waals surface area (Å²) in [5.41, 5.74) is 3.31. The summed E-state index contributed by atoms with van der Waals surface area (Å²) in [5.74, 6) is 1.03. The van der Waals surface area contributed by atoms with E-state index in [-0.39, 0.29) is 5.91 Å². The van der Waals surface area contributed by atoms with E-state index in [1.165, 1.54) is 11.8 Å². The van der Waals surface area contributed by atoms with Crippen LogP contribution in [0.4, 0.5) is 11.4 Å². The van der Waals surface area contributed by atoms with Crippen LogP contribution in [0.3, 0.4) is 0 Å². The average Bonchev–Trinajstić information content (AvgIpc) is 3.23. The number of anilines is 1. The molecule has 0 aliphatic carbocycles. The van der Waals surface area contributed by atoms with Gasteiger partial charge in [-0.3, -0.25) is 9.69 Å². The molecule has 1 saturated heterocycles. The predicted octanol–water partition coefficient (Wildman–Crippen LogP) is 7.85. The molecule has 5 rings (SSSR count). The minimum atomic E-state index is -0.146. The molecule has 0 atom stereocenters. The van der Waals surface area contributed by atoms with Crippen LogP contribution in [0.1, 0.15) is 11.1 Å². The summed E-state index contributed by atoms with van der Waals surface area (Å²) in [5, 5.41) is 0.592. The van der Waals surface area contributed by atoms with Crippen molar-refractivity contribution in [2.45, 2.75) is 6.61 Å². The smallest absolute Gasteiger partial charge is 0.271 e. The second-order valence-corrected chi connectivity index (χ2v) is 10.0. The van der Waals surface area contributed by atoms with Gasteiger partial charge in [0.2, 0.25) is 0 Å². The first-order valence-electron chi connectivity index (χ1n) is 11.6. The first kappa shape index (κ1) is 24.9. The van der Waals surface area contributed by atoms with Gasteiger partial charge in [0.05, 0.1) is 23.4 Å². The number of hydrogen-bond donors (Lipinski definition) is 0. The number of benzene rings is 4. The van der Waals surface area contributed by atoms with Crippen LogP contribution in [0.25, 0.3) is 6.08 Å². The molecule has 1 aliphatic rings. The van der Waals surface area contributed by atoms with Crippen LogP contribution >= 0.6 is 27.7 Å². The number of amidine groups is 1. The summed E-state index contributed by atoms with van der Waals surface area (Å²) in [6.07, 6.45) is 1.84. The number of carbonyl (C=O) groups excluding carboxylic acids is 1. The first-order valence-corrected chi connectivity index (χ1v) is 13.2. The van der Waals surface area contributed by atoms with Gasteiger partial charge in [-0.2, -0.15) is 0 Å². The number of carbonyl (C=O) groups is 1. The number of halogens is 1. The molecule has 0 unspecified atom stereocenters. The standard InChI is InChI=1S/C30H23BrN2O3S/c1-35-26-14-8-9-22(28(26)36-20-21-15-17-23(31)18-16-21)19-27-29(34)33(25-12-6-3-7-13-25)30(37-27)32-24-10-4-2-5-11-24/h2-19H,20H2,1H3/b27-19+,32-30?. The van der Waals surface area contributed by atoms with Crippen LogP contribution in [0.2, 0.25) is 0 Å². The maximum Gasteiger partial charge on any atom is 0.271 e. The Labute approximate surface area is 228 Å². The lowest BCUT2D eigenvalue weighted by Crippen LogP contribution is -2.28. The van der Waals surface area contributed by atoms with Gasteiger partial charge in [-0.15, -0.1) is 0 Å². The zero-order valence-corrected chi connectivity index (χ0v) is 22.4. The maximum absolute atomic E-state index is 13.7. The number of aliphatic imine (C=N–C) groups is 1. The van der Waals surface area contributed by atoms with Crippen LogP contribution in [-0.2, 0) is 11.4 Å². The number of amides is 1. The summed E-state index contributed by atoms with van der Waals surface area (Å²) < 4.78 is 12.8. The van der Waals surface area contributed by atoms with Crippen LogP contribution in [-0.4, -0.2) is 18.2 Å². The maximum atomic E-state index is 13.7. The van der Waals surface area contributed by atoms with E-state index in [9.17, 15) is 4.79 Å². The number of para-hydroxylation sites is 3. The van der Waals surface area contributed by atoms with E-state index in [2.05, 4.69) is 15.9 Å². The molecule has 0 N–H and O–H groups in total. The molecule has 5 nitrogen and oxygen atoms in total. The van der Waals surface area contributed by atoms with Crippen molar-refractivity contribution in [2.24, 2.45) is 4.99 Å². The monoisotopic (exact) mass is 570 g/mol. The van der Waals surface area contributed by atoms with Gasteiger partial charge in [-0.25, -0.2) is 4.99 Å². The largest absolute Gasteiger partial charge is 0.493 e. The molecule has 1 aliphatic heterocycles. The molecular weight excluding hydrogens is 548 g/mol. The SMILES string of the molecule is COc1cccc(/C=C2/SC(=Nc3ccccc3)N(c3ccccc3)C2=O)c1OCc1ccc(Br)cc1. The van der Waals surface area contributed by atoms with Crippen LogP contribution in [0.15, 0.2) is 117 Å². The molecule has 1 amide bonds. The topological polar surface area (TPSA) is 51.1 Å². The Morgan fingerprint density at radius 1 is 0.892 bits per heavy atom. The minimum absolute atomic E-state index is 0.146. The number of ether oxygens (including phenoxy) is 2. The van der Waals surface area contributed by atoms with Crippen molar-refractivity contribution in [2.75, 3.05) is 12.0 Å². The van der Waals surface area contributed by atoms with E-state index >= 15 is 0 Å². The summed E-state index contributed by atoms with van der Waals surface area (Å²) in [4.78, 5) is 20.6. The zero-order valence-electron chi connectivity index (χ0n) is 20.0. The molecule has 0 spiro atoms. The van der Waals surface area contributed by atoms with E-state index in [0.29, 0.717) is 28.2 Å². The van der Waals surface area contributed by atoms with Crippen LogP contribution in [0.5, 0.6) is 11.5 Å². The highest BCUT2D eigenvalue weighted by molar-refractivity contribution is 9.10. The predicted molar refractivity (Wildman–Crippen MR) is 155 cm³/mol. The Hall–Kier alpha value is -3.81. The molecule has 1 fully saturated rings. The summed E-state index contributed by atoms with van der Waals surface area (Å²) in [6, 6.07) is 32.8. The summed E-state index contributed by atoms with van der Waals surface area (Å²) in [6.45, 7) is 0.363. The molecule has 4 aromatic rings. The molecule has 37 heavy (non-hydrogen) atoms. The molecule has 1 heterocycles. The second-order valence-electron chi connectivity index (χ2n) is 8.11. The summed E-state index contributed by atoms with van der Waals surface area (Å²) >= 11 is 4.80. The van der Waals surface area contributed by atoms with Gasteiger partial charge >= 0.3 is 0 Å². The molecule has 0 radical (unpaired) electrons. The fourth-order valence-corrected chi connectivity index (χ4v) is 5.06. The lowest BCUT2D eigenvalue weighted by atomic mass is 10.1. The molecule has 184 valence electrons. The fourth-order valence-electron chi connectivity index (χ4n) is 3.81. The van der Waals surface area contributed by atoms with E-state index in [4.69, 9.17) is 14.5 Å². The van der Waals surface area contributed by atoms with Gasteiger partial charge in [0.1, 0.15) is 6.61 Å². The van der Waals surface area contributed by atoms with E-state index in [0.717, 1.165) is 27.0 Å². The number of thioether (sulfide) groups is 1. The zero-order chi connectivity index (χ0) is 25.6. The molecular formula is C30H23BrN2O3S. The Bertz CT molecular complexity index is 1460. The van der Waals surface area contributed by atoms with Crippen molar-refractivity contribution < 1.29 is 14.3 Å². The van der Waals surface area contributed by atoms with Gasteiger partial charge in [0.15, 0.2) is 16.7 Å². The molecule has 4 aromatic carbocycles. The van der Waals surface area contributed by atoms with Gasteiger partial charge in [-0.05, 0) is 65.9 Å². The summed E-state index contributed by atoms with van der Waals surface area (Å²) in [7, 11) is 1.61. The van der Waals surface area contributed by atoms with Gasteiger partial charge < -0.3 is 9.47 Å². The third-order valence-corrected chi connectivity index (χ3v) is 7.11. The van der Waals surface area contributed by atoms with Crippen molar-refractivity contribution in [3.8, 4) is 11.5 Å². The molecule has 0 bridgehead atoms. The normalized spacial score (nSPS) is 15.4. The van der Waals surface area contributed by atoms with E-state index in [1.54, 1.807) is 12.0 Å². The highest BCUT2D eigenvalue weighted by atomic mass is 79.9. The minimum Gasteiger partial charge on any atom is -0.493 e. The Morgan fingerprint density at radius 3 is 2.30 bits per heavy atom. The lowest BCUT2D eigenvalue weighted by Gasteiger charge is -2.15. The van der Waals surface area contributed by atoms with E-state index < -0.39 is 0 Å². The average molecular weight is 571 g/mol. The highest BCUT2D eigenvalue weighted by Crippen LogP contribution is 2.40. The number of hydrogen-bond acceptors (Lipinski definition) is 5. The van der Waals surface area contributed by atoms with Crippen molar-refractivity contribution in [3.05, 3.63) is 124 Å². The Balaban J connectivity index is 1.51. The first-order chi connectivity index (χ1) is 18.1. The van der Waals surface area contributed by atoms with Crippen molar-refractivity contribution in [3.63, 3.8) is 0 Å². The number of nitrogens with zero attached hydrogens (tertiary/aromatic N) is 2. The van der Waals surface area contributed by atoms with Gasteiger partial charge in [0.25, 0.3) is 5.91 Å². The highest BCUT2D eigenvalue weighted by Gasteiger charge is 2.35. The number of rotatable bonds is 7. The van der Waals surface area contributed by atoms with Crippen molar-refractivity contribution >= 4 is 56.2 Å². The van der Waals surface area contributed by atoms with Gasteiger partial charge in [-0.1, -0.05) is 76.6 Å². The lowest BCUT2D eigenvalue weighted by molar-refractivity contribution is -0.113. The molecule has 0 saturated carbocycles. The third kappa shape index (κ3) is 5.79. The number of methoxy groups -OCH3 is 1. The van der Waals surface area contributed by atoms with E-state index in [1.807, 2.05) is 109 Å². The Morgan fingerprint density at radius 2 is 1.59 bits per heavy atom. The molecule has 7 heteroatoms. The Kier molecular flexibility index (Phi) is 7.73. The fraction of sp³-hybridized carbons (Fsp3) is 0.0667. The van der Waals surface area contributed by atoms with Crippen LogP contribution < -0.4 is 14.4 Å². The van der Waals surface area contributed by atoms with Gasteiger partial charge in [0, 0.05) is 10.0 Å². The molecule has 0 aromatic heterocycles. The van der Waals surface area contributed by atoms with Crippen molar-refractivity contribution in [1.29, 1.82) is 0 Å². The van der Waals surface area contributed by atoms with Crippen molar-refractivity contribution in [1.82, 2.24) is 0 Å². The third-order valence-electron chi connectivity index (χ3n) is 5.61. The second kappa shape index (κ2) is 11.5.